The summed E-state index contributed by atoms with van der Waals surface area (Å²) in [4.78, 5) is 13.8. The number of aliphatic hydroxyl groups is 1. The van der Waals surface area contributed by atoms with Crippen LogP contribution < -0.4 is 0 Å². The first-order chi connectivity index (χ1) is 8.89. The lowest BCUT2D eigenvalue weighted by molar-refractivity contribution is -0.155. The molecule has 19 heavy (non-hydrogen) atoms. The standard InChI is InChI=1S/C14H18BrNO3/c1-14(2,18)13(17)16-7-8-19-12(9-16)10-5-3-4-6-11(10)15/h3-6,12,18H,7-9H2,1-2H3/t12-/m0/s1. The number of amides is 1. The molecule has 0 aromatic heterocycles. The Bertz CT molecular complexity index is 470. The normalized spacial score (nSPS) is 20.4. The van der Waals surface area contributed by atoms with Gasteiger partial charge < -0.3 is 14.7 Å². The fourth-order valence-electron chi connectivity index (χ4n) is 2.15. The summed E-state index contributed by atoms with van der Waals surface area (Å²) in [6, 6.07) is 7.82. The second-order valence-electron chi connectivity index (χ2n) is 5.19. The van der Waals surface area contributed by atoms with Gasteiger partial charge in [0.05, 0.1) is 13.2 Å². The lowest BCUT2D eigenvalue weighted by Gasteiger charge is -2.36. The van der Waals surface area contributed by atoms with E-state index < -0.39 is 5.60 Å². The van der Waals surface area contributed by atoms with Gasteiger partial charge in [-0.3, -0.25) is 4.79 Å². The van der Waals surface area contributed by atoms with Gasteiger partial charge in [0.15, 0.2) is 0 Å². The number of nitrogens with zero attached hydrogens (tertiary/aromatic N) is 1. The molecule has 0 radical (unpaired) electrons. The van der Waals surface area contributed by atoms with E-state index in [0.29, 0.717) is 19.7 Å². The molecule has 0 unspecified atom stereocenters. The van der Waals surface area contributed by atoms with Crippen molar-refractivity contribution < 1.29 is 14.6 Å². The third-order valence-corrected chi connectivity index (χ3v) is 3.85. The van der Waals surface area contributed by atoms with Crippen LogP contribution in [0.2, 0.25) is 0 Å². The highest BCUT2D eigenvalue weighted by molar-refractivity contribution is 9.10. The Hall–Kier alpha value is -0.910. The van der Waals surface area contributed by atoms with Crippen molar-refractivity contribution in [2.75, 3.05) is 19.7 Å². The van der Waals surface area contributed by atoms with Gasteiger partial charge in [0, 0.05) is 11.0 Å². The number of rotatable bonds is 2. The molecule has 0 saturated carbocycles. The van der Waals surface area contributed by atoms with Crippen LogP contribution in [0.25, 0.3) is 0 Å². The fraction of sp³-hybridized carbons (Fsp3) is 0.500. The number of carbonyl (C=O) groups is 1. The van der Waals surface area contributed by atoms with E-state index in [1.165, 1.54) is 13.8 Å². The minimum absolute atomic E-state index is 0.157. The van der Waals surface area contributed by atoms with Crippen LogP contribution in [0.5, 0.6) is 0 Å². The molecule has 1 N–H and O–H groups in total. The molecule has 1 fully saturated rings. The molecular formula is C14H18BrNO3. The number of halogens is 1. The van der Waals surface area contributed by atoms with E-state index in [9.17, 15) is 9.90 Å². The van der Waals surface area contributed by atoms with Crippen LogP contribution in [0.3, 0.4) is 0 Å². The highest BCUT2D eigenvalue weighted by Crippen LogP contribution is 2.29. The third kappa shape index (κ3) is 3.35. The zero-order chi connectivity index (χ0) is 14.0. The Balaban J connectivity index is 2.14. The van der Waals surface area contributed by atoms with Crippen LogP contribution in [0, 0.1) is 0 Å². The molecule has 4 nitrogen and oxygen atoms in total. The molecule has 1 aromatic carbocycles. The maximum absolute atomic E-state index is 12.1. The maximum atomic E-state index is 12.1. The van der Waals surface area contributed by atoms with Crippen molar-refractivity contribution in [3.63, 3.8) is 0 Å². The molecule has 0 spiro atoms. The smallest absolute Gasteiger partial charge is 0.254 e. The Labute approximate surface area is 121 Å². The predicted octanol–water partition coefficient (Wildman–Crippen LogP) is 2.12. The highest BCUT2D eigenvalue weighted by Gasteiger charge is 2.33. The Morgan fingerprint density at radius 1 is 1.47 bits per heavy atom. The van der Waals surface area contributed by atoms with E-state index in [1.54, 1.807) is 4.90 Å². The monoisotopic (exact) mass is 327 g/mol. The van der Waals surface area contributed by atoms with Crippen LogP contribution in [0.4, 0.5) is 0 Å². The van der Waals surface area contributed by atoms with Gasteiger partial charge in [-0.1, -0.05) is 34.1 Å². The zero-order valence-corrected chi connectivity index (χ0v) is 12.7. The first-order valence-electron chi connectivity index (χ1n) is 6.27. The minimum Gasteiger partial charge on any atom is -0.381 e. The molecule has 1 saturated heterocycles. The summed E-state index contributed by atoms with van der Waals surface area (Å²) in [6.07, 6.45) is -0.157. The lowest BCUT2D eigenvalue weighted by atomic mass is 10.0. The second kappa shape index (κ2) is 5.61. The SMILES string of the molecule is CC(C)(O)C(=O)N1CCO[C@H](c2ccccc2Br)C1. The Morgan fingerprint density at radius 2 is 2.16 bits per heavy atom. The van der Waals surface area contributed by atoms with Gasteiger partial charge in [-0.15, -0.1) is 0 Å². The van der Waals surface area contributed by atoms with E-state index >= 15 is 0 Å². The number of morpholine rings is 1. The van der Waals surface area contributed by atoms with Crippen LogP contribution in [0.1, 0.15) is 25.5 Å². The number of hydrogen-bond acceptors (Lipinski definition) is 3. The molecule has 1 amide bonds. The first kappa shape index (κ1) is 14.5. The lowest BCUT2D eigenvalue weighted by Crippen LogP contribution is -2.50. The van der Waals surface area contributed by atoms with Gasteiger partial charge in [-0.25, -0.2) is 0 Å². The van der Waals surface area contributed by atoms with Gasteiger partial charge in [-0.05, 0) is 25.5 Å². The summed E-state index contributed by atoms with van der Waals surface area (Å²) in [5, 5.41) is 9.81. The zero-order valence-electron chi connectivity index (χ0n) is 11.1. The quantitative estimate of drug-likeness (QED) is 0.905. The maximum Gasteiger partial charge on any atom is 0.254 e. The summed E-state index contributed by atoms with van der Waals surface area (Å²) in [5.74, 6) is -0.257. The summed E-state index contributed by atoms with van der Waals surface area (Å²) < 4.78 is 6.70. The van der Waals surface area contributed by atoms with Crippen molar-refractivity contribution in [3.8, 4) is 0 Å². The summed E-state index contributed by atoms with van der Waals surface area (Å²) >= 11 is 3.50. The summed E-state index contributed by atoms with van der Waals surface area (Å²) in [5.41, 5.74) is -0.314. The molecule has 5 heteroatoms. The minimum atomic E-state index is -1.34. The first-order valence-corrected chi connectivity index (χ1v) is 7.06. The third-order valence-electron chi connectivity index (χ3n) is 3.13. The van der Waals surface area contributed by atoms with Crippen LogP contribution in [-0.4, -0.2) is 41.2 Å². The summed E-state index contributed by atoms with van der Waals surface area (Å²) in [7, 11) is 0. The fourth-order valence-corrected chi connectivity index (χ4v) is 2.69. The number of hydrogen-bond donors (Lipinski definition) is 1. The predicted molar refractivity (Wildman–Crippen MR) is 75.7 cm³/mol. The van der Waals surface area contributed by atoms with Gasteiger partial charge in [0.2, 0.25) is 0 Å². The van der Waals surface area contributed by atoms with Crippen LogP contribution in [-0.2, 0) is 9.53 Å². The summed E-state index contributed by atoms with van der Waals surface area (Å²) in [6.45, 7) is 4.49. The van der Waals surface area contributed by atoms with Crippen LogP contribution >= 0.6 is 15.9 Å². The van der Waals surface area contributed by atoms with Crippen molar-refractivity contribution in [1.29, 1.82) is 0 Å². The Morgan fingerprint density at radius 3 is 2.79 bits per heavy atom. The number of benzene rings is 1. The van der Waals surface area contributed by atoms with Crippen molar-refractivity contribution in [3.05, 3.63) is 34.3 Å². The van der Waals surface area contributed by atoms with Crippen molar-refractivity contribution in [2.24, 2.45) is 0 Å². The molecule has 0 bridgehead atoms. The Kier molecular flexibility index (Phi) is 4.28. The van der Waals surface area contributed by atoms with E-state index in [-0.39, 0.29) is 12.0 Å². The number of carbonyl (C=O) groups excluding carboxylic acids is 1. The van der Waals surface area contributed by atoms with Crippen molar-refractivity contribution in [1.82, 2.24) is 4.90 Å². The molecule has 1 aliphatic rings. The second-order valence-corrected chi connectivity index (χ2v) is 6.05. The van der Waals surface area contributed by atoms with E-state index in [1.807, 2.05) is 24.3 Å². The topological polar surface area (TPSA) is 49.8 Å². The molecule has 0 aliphatic carbocycles. The number of ether oxygens (including phenoxy) is 1. The van der Waals surface area contributed by atoms with E-state index in [4.69, 9.17) is 4.74 Å². The average Bonchev–Trinajstić information content (AvgIpc) is 2.37. The molecule has 1 aliphatic heterocycles. The largest absolute Gasteiger partial charge is 0.381 e. The highest BCUT2D eigenvalue weighted by atomic mass is 79.9. The molecule has 1 heterocycles. The molecular weight excluding hydrogens is 310 g/mol. The molecule has 1 atom stereocenters. The van der Waals surface area contributed by atoms with Crippen LogP contribution in [0.15, 0.2) is 28.7 Å². The van der Waals surface area contributed by atoms with Crippen molar-refractivity contribution >= 4 is 21.8 Å². The van der Waals surface area contributed by atoms with Crippen molar-refractivity contribution in [2.45, 2.75) is 25.6 Å². The van der Waals surface area contributed by atoms with Gasteiger partial charge in [0.1, 0.15) is 11.7 Å². The van der Waals surface area contributed by atoms with Gasteiger partial charge in [-0.2, -0.15) is 0 Å². The molecule has 2 rings (SSSR count). The molecule has 104 valence electrons. The van der Waals surface area contributed by atoms with E-state index in [2.05, 4.69) is 15.9 Å². The van der Waals surface area contributed by atoms with E-state index in [0.717, 1.165) is 10.0 Å². The molecule has 1 aromatic rings. The average molecular weight is 328 g/mol. The van der Waals surface area contributed by atoms with Gasteiger partial charge in [0.25, 0.3) is 5.91 Å². The van der Waals surface area contributed by atoms with Gasteiger partial charge >= 0.3 is 0 Å².